The van der Waals surface area contributed by atoms with E-state index in [1.54, 1.807) is 22.8 Å². The molecule has 0 saturated carbocycles. The van der Waals surface area contributed by atoms with Crippen LogP contribution in [0.3, 0.4) is 0 Å². The second kappa shape index (κ2) is 7.60. The number of pyridine rings is 1. The highest BCUT2D eigenvalue weighted by atomic mass is 16.1. The summed E-state index contributed by atoms with van der Waals surface area (Å²) in [5.74, 6) is 1.04. The van der Waals surface area contributed by atoms with Gasteiger partial charge in [0, 0.05) is 25.0 Å². The van der Waals surface area contributed by atoms with Crippen LogP contribution in [-0.4, -0.2) is 43.8 Å². The molecule has 28 heavy (non-hydrogen) atoms. The maximum absolute atomic E-state index is 12.7. The van der Waals surface area contributed by atoms with Crippen molar-refractivity contribution in [1.29, 1.82) is 5.26 Å². The summed E-state index contributed by atoms with van der Waals surface area (Å²) in [5.41, 5.74) is 2.03. The summed E-state index contributed by atoms with van der Waals surface area (Å²) >= 11 is 0. The van der Waals surface area contributed by atoms with Crippen LogP contribution >= 0.6 is 0 Å². The number of anilines is 1. The molecular weight excluding hydrogens is 356 g/mol. The largest absolute Gasteiger partial charge is 0.355 e. The summed E-state index contributed by atoms with van der Waals surface area (Å²) in [4.78, 5) is 19.3. The number of fused-ring (bicyclic) bond motifs is 1. The summed E-state index contributed by atoms with van der Waals surface area (Å²) in [6.45, 7) is 3.48. The number of carbonyl (C=O) groups is 1. The quantitative estimate of drug-likeness (QED) is 0.729. The Bertz CT molecular complexity index is 1050. The molecule has 142 valence electrons. The van der Waals surface area contributed by atoms with Crippen LogP contribution in [0.25, 0.3) is 5.65 Å². The first-order valence-corrected chi connectivity index (χ1v) is 9.21. The number of hydrogen-bond acceptors (Lipinski definition) is 7. The molecule has 0 aromatic carbocycles. The van der Waals surface area contributed by atoms with Crippen molar-refractivity contribution < 1.29 is 4.79 Å². The van der Waals surface area contributed by atoms with E-state index in [2.05, 4.69) is 31.7 Å². The van der Waals surface area contributed by atoms with Gasteiger partial charge in [0.2, 0.25) is 5.91 Å². The molecular formula is C19H20N8O. The number of aryl methyl sites for hydroxylation is 1. The van der Waals surface area contributed by atoms with Gasteiger partial charge in [-0.25, -0.2) is 4.98 Å². The molecule has 1 aliphatic rings. The fraction of sp³-hybridized carbons (Fsp3) is 0.368. The van der Waals surface area contributed by atoms with Gasteiger partial charge in [0.05, 0.1) is 18.0 Å². The van der Waals surface area contributed by atoms with Crippen LogP contribution in [0, 0.1) is 24.2 Å². The van der Waals surface area contributed by atoms with Gasteiger partial charge in [-0.3, -0.25) is 4.79 Å². The molecule has 3 aromatic rings. The van der Waals surface area contributed by atoms with Crippen LogP contribution in [0.2, 0.25) is 0 Å². The van der Waals surface area contributed by atoms with Crippen molar-refractivity contribution in [2.24, 2.45) is 5.92 Å². The van der Waals surface area contributed by atoms with Gasteiger partial charge in [-0.2, -0.15) is 14.9 Å². The Morgan fingerprint density at radius 3 is 3.11 bits per heavy atom. The van der Waals surface area contributed by atoms with E-state index in [1.165, 1.54) is 0 Å². The number of carbonyl (C=O) groups excluding carboxylic acids is 1. The van der Waals surface area contributed by atoms with E-state index in [0.29, 0.717) is 29.4 Å². The van der Waals surface area contributed by atoms with Crippen molar-refractivity contribution in [2.45, 2.75) is 26.3 Å². The van der Waals surface area contributed by atoms with Gasteiger partial charge in [-0.15, -0.1) is 10.2 Å². The minimum atomic E-state index is -0.172. The summed E-state index contributed by atoms with van der Waals surface area (Å²) in [7, 11) is 0. The summed E-state index contributed by atoms with van der Waals surface area (Å²) in [6.07, 6.45) is 3.32. The predicted octanol–water partition coefficient (Wildman–Crippen LogP) is 1.23. The molecule has 0 spiro atoms. The Labute approximate surface area is 162 Å². The maximum atomic E-state index is 12.7. The van der Waals surface area contributed by atoms with Crippen molar-refractivity contribution in [3.63, 3.8) is 0 Å². The van der Waals surface area contributed by atoms with E-state index in [1.807, 2.05) is 24.0 Å². The minimum Gasteiger partial charge on any atom is -0.355 e. The molecule has 0 bridgehead atoms. The number of aromatic nitrogens is 5. The number of piperidine rings is 1. The number of amides is 1. The fourth-order valence-electron chi connectivity index (χ4n) is 3.47. The molecule has 0 radical (unpaired) electrons. The normalized spacial score (nSPS) is 16.7. The molecule has 3 aromatic heterocycles. The number of rotatable bonds is 4. The molecule has 1 aliphatic heterocycles. The van der Waals surface area contributed by atoms with Gasteiger partial charge in [-0.05, 0) is 44.0 Å². The first-order chi connectivity index (χ1) is 13.7. The topological polar surface area (TPSA) is 112 Å². The second-order valence-electron chi connectivity index (χ2n) is 6.85. The maximum Gasteiger partial charge on any atom is 0.225 e. The zero-order chi connectivity index (χ0) is 19.5. The molecule has 9 heteroatoms. The lowest BCUT2D eigenvalue weighted by Gasteiger charge is -2.33. The van der Waals surface area contributed by atoms with E-state index in [-0.39, 0.29) is 18.4 Å². The molecule has 1 fully saturated rings. The lowest BCUT2D eigenvalue weighted by molar-refractivity contribution is -0.125. The minimum absolute atomic E-state index is 0.0384. The van der Waals surface area contributed by atoms with E-state index in [0.717, 1.165) is 25.1 Å². The van der Waals surface area contributed by atoms with Crippen LogP contribution < -0.4 is 10.2 Å². The van der Waals surface area contributed by atoms with Crippen LogP contribution in [0.1, 0.15) is 29.9 Å². The van der Waals surface area contributed by atoms with Gasteiger partial charge in [-0.1, -0.05) is 0 Å². The monoisotopic (exact) mass is 376 g/mol. The number of nitrogens with zero attached hydrogens (tertiary/aromatic N) is 7. The van der Waals surface area contributed by atoms with E-state index >= 15 is 0 Å². The summed E-state index contributed by atoms with van der Waals surface area (Å²) < 4.78 is 1.61. The average molecular weight is 376 g/mol. The number of hydrogen-bond donors (Lipinski definition) is 1. The van der Waals surface area contributed by atoms with Crippen LogP contribution in [0.5, 0.6) is 0 Å². The molecule has 1 unspecified atom stereocenters. The van der Waals surface area contributed by atoms with Gasteiger partial charge in [0.15, 0.2) is 11.5 Å². The van der Waals surface area contributed by atoms with Gasteiger partial charge >= 0.3 is 0 Å². The third-order valence-electron chi connectivity index (χ3n) is 4.89. The van der Waals surface area contributed by atoms with Crippen molar-refractivity contribution >= 4 is 17.4 Å². The number of nitrogens with one attached hydrogen (secondary N) is 1. The molecule has 1 amide bonds. The summed E-state index contributed by atoms with van der Waals surface area (Å²) in [6, 6.07) is 9.41. The van der Waals surface area contributed by atoms with Crippen LogP contribution in [0.15, 0.2) is 30.5 Å². The summed E-state index contributed by atoms with van der Waals surface area (Å²) in [5, 5.41) is 24.6. The first kappa shape index (κ1) is 17.9. The Balaban J connectivity index is 1.44. The SMILES string of the molecule is Cc1ccc(C#N)c(N2CCCC(C(=O)NCc3nnc4cccnn34)C2)n1. The Morgan fingerprint density at radius 2 is 2.25 bits per heavy atom. The van der Waals surface area contributed by atoms with E-state index in [9.17, 15) is 10.1 Å². The highest BCUT2D eigenvalue weighted by Gasteiger charge is 2.28. The van der Waals surface area contributed by atoms with Crippen LogP contribution in [-0.2, 0) is 11.3 Å². The van der Waals surface area contributed by atoms with Crippen molar-refractivity contribution in [2.75, 3.05) is 18.0 Å². The van der Waals surface area contributed by atoms with E-state index < -0.39 is 0 Å². The standard InChI is InChI=1S/C19H20N8O/c1-13-6-7-14(10-20)18(23-13)26-9-3-4-15(12-26)19(28)21-11-17-25-24-16-5-2-8-22-27(16)17/h2,5-8,15H,3-4,9,11-12H2,1H3,(H,21,28). The highest BCUT2D eigenvalue weighted by molar-refractivity contribution is 5.79. The molecule has 1 atom stereocenters. The molecule has 0 aliphatic carbocycles. The molecule has 1 saturated heterocycles. The number of nitriles is 1. The first-order valence-electron chi connectivity index (χ1n) is 9.21. The van der Waals surface area contributed by atoms with Crippen molar-refractivity contribution in [3.8, 4) is 6.07 Å². The molecule has 4 rings (SSSR count). The molecule has 4 heterocycles. The fourth-order valence-corrected chi connectivity index (χ4v) is 3.47. The predicted molar refractivity (Wildman–Crippen MR) is 101 cm³/mol. The van der Waals surface area contributed by atoms with Crippen molar-refractivity contribution in [1.82, 2.24) is 30.1 Å². The van der Waals surface area contributed by atoms with E-state index in [4.69, 9.17) is 0 Å². The second-order valence-corrected chi connectivity index (χ2v) is 6.85. The van der Waals surface area contributed by atoms with Crippen LogP contribution in [0.4, 0.5) is 5.82 Å². The zero-order valence-corrected chi connectivity index (χ0v) is 15.5. The lowest BCUT2D eigenvalue weighted by Crippen LogP contribution is -2.43. The van der Waals surface area contributed by atoms with Gasteiger partial charge < -0.3 is 10.2 Å². The molecule has 9 nitrogen and oxygen atoms in total. The smallest absolute Gasteiger partial charge is 0.225 e. The third kappa shape index (κ3) is 3.49. The van der Waals surface area contributed by atoms with Crippen molar-refractivity contribution in [3.05, 3.63) is 47.5 Å². The highest BCUT2D eigenvalue weighted by Crippen LogP contribution is 2.25. The average Bonchev–Trinajstić information content (AvgIpc) is 3.15. The Morgan fingerprint density at radius 1 is 1.36 bits per heavy atom. The Hall–Kier alpha value is -3.54. The lowest BCUT2D eigenvalue weighted by atomic mass is 9.96. The zero-order valence-electron chi connectivity index (χ0n) is 15.5. The Kier molecular flexibility index (Phi) is 4.85. The van der Waals surface area contributed by atoms with Gasteiger partial charge in [0.25, 0.3) is 0 Å². The third-order valence-corrected chi connectivity index (χ3v) is 4.89. The van der Waals surface area contributed by atoms with Gasteiger partial charge in [0.1, 0.15) is 11.9 Å². The molecule has 1 N–H and O–H groups in total.